The second-order valence-corrected chi connectivity index (χ2v) is 12.2. The van der Waals surface area contributed by atoms with Gasteiger partial charge >= 0.3 is 6.18 Å². The molecule has 1 fully saturated rings. The lowest BCUT2D eigenvalue weighted by Gasteiger charge is -2.34. The molecule has 0 radical (unpaired) electrons. The molecule has 2 aliphatic rings. The van der Waals surface area contributed by atoms with Crippen LogP contribution in [0.15, 0.2) is 101 Å². The van der Waals surface area contributed by atoms with Crippen molar-refractivity contribution in [1.29, 1.82) is 0 Å². The SMILES string of the molecule is C=C(OCc1ccccc1)N1CCC(C2=NC(N(CCc3ccc(OC)cc3)Cc3ccc(C(F)(F)F)cc3)=NC2)CC1.CC(C)C=O. The molecule has 256 valence electrons. The van der Waals surface area contributed by atoms with Gasteiger partial charge in [-0.15, -0.1) is 0 Å². The van der Waals surface area contributed by atoms with Crippen LogP contribution >= 0.6 is 0 Å². The molecule has 48 heavy (non-hydrogen) atoms. The fraction of sp³-hybridized carbons (Fsp3) is 0.395. The first-order valence-corrected chi connectivity index (χ1v) is 16.3. The number of rotatable bonds is 12. The van der Waals surface area contributed by atoms with E-state index in [1.165, 1.54) is 12.1 Å². The smallest absolute Gasteiger partial charge is 0.416 e. The summed E-state index contributed by atoms with van der Waals surface area (Å²) in [5.74, 6) is 2.64. The second-order valence-electron chi connectivity index (χ2n) is 12.2. The van der Waals surface area contributed by atoms with Crippen molar-refractivity contribution in [3.63, 3.8) is 0 Å². The van der Waals surface area contributed by atoms with Gasteiger partial charge in [0.25, 0.3) is 0 Å². The molecule has 0 unspecified atom stereocenters. The van der Waals surface area contributed by atoms with Crippen LogP contribution in [0.2, 0.25) is 0 Å². The van der Waals surface area contributed by atoms with Crippen LogP contribution in [0.4, 0.5) is 13.2 Å². The fourth-order valence-electron chi connectivity index (χ4n) is 5.36. The minimum Gasteiger partial charge on any atom is -0.497 e. The number of hydrogen-bond donors (Lipinski definition) is 0. The average molecular weight is 663 g/mol. The zero-order chi connectivity index (χ0) is 34.5. The Morgan fingerprint density at radius 1 is 0.979 bits per heavy atom. The zero-order valence-electron chi connectivity index (χ0n) is 28.0. The Balaban J connectivity index is 0.000000968. The predicted molar refractivity (Wildman–Crippen MR) is 184 cm³/mol. The van der Waals surface area contributed by atoms with E-state index in [-0.39, 0.29) is 5.92 Å². The molecule has 5 rings (SSSR count). The van der Waals surface area contributed by atoms with Gasteiger partial charge in [-0.3, -0.25) is 0 Å². The summed E-state index contributed by atoms with van der Waals surface area (Å²) in [7, 11) is 1.63. The summed E-state index contributed by atoms with van der Waals surface area (Å²) in [6.07, 6.45) is -0.852. The molecule has 0 atom stereocenters. The maximum absolute atomic E-state index is 13.1. The number of aldehydes is 1. The van der Waals surface area contributed by atoms with Crippen LogP contribution in [0.3, 0.4) is 0 Å². The first-order valence-electron chi connectivity index (χ1n) is 16.3. The predicted octanol–water partition coefficient (Wildman–Crippen LogP) is 7.81. The van der Waals surface area contributed by atoms with Crippen LogP contribution in [0, 0.1) is 11.8 Å². The lowest BCUT2D eigenvalue weighted by atomic mass is 9.92. The van der Waals surface area contributed by atoms with Crippen molar-refractivity contribution in [2.75, 3.05) is 33.3 Å². The molecular formula is C38H45F3N4O3. The van der Waals surface area contributed by atoms with Crippen molar-refractivity contribution in [2.24, 2.45) is 21.8 Å². The molecule has 2 aliphatic heterocycles. The van der Waals surface area contributed by atoms with Crippen LogP contribution in [0.5, 0.6) is 5.75 Å². The van der Waals surface area contributed by atoms with E-state index in [4.69, 9.17) is 19.5 Å². The maximum atomic E-state index is 13.1. The van der Waals surface area contributed by atoms with Gasteiger partial charge < -0.3 is 24.1 Å². The average Bonchev–Trinajstić information content (AvgIpc) is 3.60. The number of carbonyl (C=O) groups is 1. The fourth-order valence-corrected chi connectivity index (χ4v) is 5.36. The molecule has 0 aromatic heterocycles. The number of methoxy groups -OCH3 is 1. The minimum atomic E-state index is -4.36. The maximum Gasteiger partial charge on any atom is 0.416 e. The highest BCUT2D eigenvalue weighted by Crippen LogP contribution is 2.30. The highest BCUT2D eigenvalue weighted by Gasteiger charge is 2.31. The van der Waals surface area contributed by atoms with E-state index in [1.54, 1.807) is 7.11 Å². The molecule has 3 aromatic rings. The van der Waals surface area contributed by atoms with Crippen molar-refractivity contribution in [2.45, 2.75) is 52.4 Å². The first-order chi connectivity index (χ1) is 23.0. The molecule has 0 amide bonds. The second kappa shape index (κ2) is 17.5. The summed E-state index contributed by atoms with van der Waals surface area (Å²) < 4.78 is 50.6. The van der Waals surface area contributed by atoms with Gasteiger partial charge in [0, 0.05) is 43.7 Å². The number of hydrogen-bond acceptors (Lipinski definition) is 7. The first kappa shape index (κ1) is 36.2. The molecule has 3 aromatic carbocycles. The highest BCUT2D eigenvalue weighted by molar-refractivity contribution is 6.04. The topological polar surface area (TPSA) is 66.7 Å². The third kappa shape index (κ3) is 11.0. The van der Waals surface area contributed by atoms with E-state index in [0.717, 1.165) is 78.9 Å². The number of alkyl halides is 3. The van der Waals surface area contributed by atoms with Crippen molar-refractivity contribution < 1.29 is 27.4 Å². The number of guanidine groups is 1. The van der Waals surface area contributed by atoms with E-state index in [0.29, 0.717) is 44.0 Å². The normalized spacial score (nSPS) is 14.9. The van der Waals surface area contributed by atoms with Gasteiger partial charge in [-0.05, 0) is 66.8 Å². The molecule has 0 spiro atoms. The van der Waals surface area contributed by atoms with E-state index >= 15 is 0 Å². The van der Waals surface area contributed by atoms with Crippen molar-refractivity contribution in [3.8, 4) is 5.75 Å². The van der Waals surface area contributed by atoms with Crippen LogP contribution in [-0.2, 0) is 35.3 Å². The number of benzene rings is 3. The third-order valence-corrected chi connectivity index (χ3v) is 8.23. The summed E-state index contributed by atoms with van der Waals surface area (Å²) in [4.78, 5) is 23.5. The minimum absolute atomic E-state index is 0.204. The number of halogens is 3. The van der Waals surface area contributed by atoms with E-state index in [1.807, 2.05) is 68.4 Å². The Kier molecular flexibility index (Phi) is 13.2. The van der Waals surface area contributed by atoms with Crippen molar-refractivity contribution in [1.82, 2.24) is 9.80 Å². The van der Waals surface area contributed by atoms with Gasteiger partial charge in [0.15, 0.2) is 5.88 Å². The van der Waals surface area contributed by atoms with Crippen LogP contribution < -0.4 is 4.74 Å². The van der Waals surface area contributed by atoms with Gasteiger partial charge in [0.1, 0.15) is 18.6 Å². The molecule has 0 saturated carbocycles. The lowest BCUT2D eigenvalue weighted by molar-refractivity contribution is -0.137. The largest absolute Gasteiger partial charge is 0.497 e. The van der Waals surface area contributed by atoms with Crippen LogP contribution in [0.25, 0.3) is 0 Å². The quantitative estimate of drug-likeness (QED) is 0.146. The third-order valence-electron chi connectivity index (χ3n) is 8.23. The number of nitrogens with zero attached hydrogens (tertiary/aromatic N) is 4. The molecular weight excluding hydrogens is 617 g/mol. The van der Waals surface area contributed by atoms with E-state index in [9.17, 15) is 18.0 Å². The van der Waals surface area contributed by atoms with Crippen LogP contribution in [0.1, 0.15) is 48.9 Å². The standard InChI is InChI=1S/C34H37F3N4O2.C4H8O/c1-25(43-24-28-6-4-3-5-7-28)40-20-17-29(18-21-40)32-22-38-33(39-32)41(19-16-26-10-14-31(42-2)15-11-26)23-27-8-12-30(13-9-27)34(35,36)37;1-4(2)3-5/h3-15,29H,1,16-24H2,2H3;3-4H,1-2H3. The molecule has 7 nitrogen and oxygen atoms in total. The molecule has 10 heteroatoms. The number of aliphatic imine (C=N–C) groups is 2. The van der Waals surface area contributed by atoms with Gasteiger partial charge in [0.05, 0.1) is 19.2 Å². The Labute approximate surface area is 281 Å². The summed E-state index contributed by atoms with van der Waals surface area (Å²) in [5, 5.41) is 0. The Bertz CT molecular complexity index is 1510. The van der Waals surface area contributed by atoms with Crippen molar-refractivity contribution >= 4 is 18.0 Å². The highest BCUT2D eigenvalue weighted by atomic mass is 19.4. The van der Waals surface area contributed by atoms with E-state index in [2.05, 4.69) is 16.4 Å². The van der Waals surface area contributed by atoms with Gasteiger partial charge in [-0.1, -0.05) is 68.4 Å². The Morgan fingerprint density at radius 2 is 1.60 bits per heavy atom. The number of carbonyl (C=O) groups excluding carboxylic acids is 1. The Morgan fingerprint density at radius 3 is 2.19 bits per heavy atom. The summed E-state index contributed by atoms with van der Waals surface area (Å²) >= 11 is 0. The summed E-state index contributed by atoms with van der Waals surface area (Å²) in [6.45, 7) is 11.6. The van der Waals surface area contributed by atoms with Crippen LogP contribution in [-0.4, -0.2) is 61.0 Å². The number of ether oxygens (including phenoxy) is 2. The van der Waals surface area contributed by atoms with Gasteiger partial charge in [-0.2, -0.15) is 13.2 Å². The molecule has 1 saturated heterocycles. The van der Waals surface area contributed by atoms with Gasteiger partial charge in [0.2, 0.25) is 5.96 Å². The molecule has 0 aliphatic carbocycles. The number of piperidine rings is 1. The molecule has 0 bridgehead atoms. The Hall–Kier alpha value is -4.60. The number of likely N-dealkylation sites (tertiary alicyclic amines) is 1. The summed E-state index contributed by atoms with van der Waals surface area (Å²) in [5.41, 5.74) is 3.42. The summed E-state index contributed by atoms with van der Waals surface area (Å²) in [6, 6.07) is 23.3. The monoisotopic (exact) mass is 662 g/mol. The van der Waals surface area contributed by atoms with Crippen molar-refractivity contribution in [3.05, 3.63) is 114 Å². The zero-order valence-corrected chi connectivity index (χ0v) is 28.0. The molecule has 0 N–H and O–H groups in total. The molecule has 2 heterocycles. The lowest BCUT2D eigenvalue weighted by Crippen LogP contribution is -2.36. The van der Waals surface area contributed by atoms with E-state index < -0.39 is 11.7 Å². The van der Waals surface area contributed by atoms with Gasteiger partial charge in [-0.25, -0.2) is 9.98 Å².